The van der Waals surface area contributed by atoms with Crippen molar-refractivity contribution in [1.82, 2.24) is 5.32 Å². The predicted molar refractivity (Wildman–Crippen MR) is 63.6 cm³/mol. The molecule has 0 unspecified atom stereocenters. The zero-order valence-electron chi connectivity index (χ0n) is 7.59. The fourth-order valence-corrected chi connectivity index (χ4v) is 3.29. The summed E-state index contributed by atoms with van der Waals surface area (Å²) < 4.78 is 0. The van der Waals surface area contributed by atoms with Crippen molar-refractivity contribution in [2.45, 2.75) is 16.6 Å². The highest BCUT2D eigenvalue weighted by Gasteiger charge is 2.18. The maximum Gasteiger partial charge on any atom is 0.0557 e. The van der Waals surface area contributed by atoms with Gasteiger partial charge in [-0.3, -0.25) is 0 Å². The molecule has 1 saturated heterocycles. The van der Waals surface area contributed by atoms with Gasteiger partial charge in [0.1, 0.15) is 0 Å². The van der Waals surface area contributed by atoms with Gasteiger partial charge in [-0.05, 0) is 25.1 Å². The van der Waals surface area contributed by atoms with Gasteiger partial charge in [0.05, 0.1) is 10.0 Å². The smallest absolute Gasteiger partial charge is 0.0557 e. The average Bonchev–Trinajstić information content (AvgIpc) is 2.64. The molecule has 2 rings (SSSR count). The molecule has 0 bridgehead atoms. The van der Waals surface area contributed by atoms with Crippen LogP contribution in [0.15, 0.2) is 23.1 Å². The SMILES string of the molecule is Clc1cccc(Cl)c1S[C@@H]1CCNC1. The van der Waals surface area contributed by atoms with Crippen LogP contribution in [0.25, 0.3) is 0 Å². The molecule has 14 heavy (non-hydrogen) atoms. The Kier molecular flexibility index (Phi) is 3.61. The lowest BCUT2D eigenvalue weighted by molar-refractivity contribution is 0.858. The van der Waals surface area contributed by atoms with E-state index < -0.39 is 0 Å². The maximum atomic E-state index is 6.08. The second kappa shape index (κ2) is 4.75. The van der Waals surface area contributed by atoms with E-state index in [2.05, 4.69) is 5.32 Å². The van der Waals surface area contributed by atoms with Gasteiger partial charge in [-0.25, -0.2) is 0 Å². The van der Waals surface area contributed by atoms with E-state index in [0.29, 0.717) is 5.25 Å². The first kappa shape index (κ1) is 10.6. The van der Waals surface area contributed by atoms with E-state index in [1.807, 2.05) is 18.2 Å². The molecule has 1 aliphatic heterocycles. The summed E-state index contributed by atoms with van der Waals surface area (Å²) >= 11 is 13.9. The Balaban J connectivity index is 2.14. The standard InChI is InChI=1S/C10H11Cl2NS/c11-8-2-1-3-9(12)10(8)14-7-4-5-13-6-7/h1-3,7,13H,4-6H2/t7-/m1/s1. The fourth-order valence-electron chi connectivity index (χ4n) is 1.49. The largest absolute Gasteiger partial charge is 0.316 e. The van der Waals surface area contributed by atoms with Crippen molar-refractivity contribution in [2.24, 2.45) is 0 Å². The summed E-state index contributed by atoms with van der Waals surface area (Å²) in [7, 11) is 0. The fraction of sp³-hybridized carbons (Fsp3) is 0.400. The van der Waals surface area contributed by atoms with Crippen LogP contribution in [0.1, 0.15) is 6.42 Å². The molecule has 0 amide bonds. The highest BCUT2D eigenvalue weighted by molar-refractivity contribution is 8.00. The zero-order valence-corrected chi connectivity index (χ0v) is 9.92. The van der Waals surface area contributed by atoms with Crippen LogP contribution in [-0.4, -0.2) is 18.3 Å². The van der Waals surface area contributed by atoms with E-state index in [4.69, 9.17) is 23.2 Å². The Labute approximate surface area is 98.2 Å². The van der Waals surface area contributed by atoms with Crippen molar-refractivity contribution >= 4 is 35.0 Å². The van der Waals surface area contributed by atoms with E-state index in [0.717, 1.165) is 28.0 Å². The van der Waals surface area contributed by atoms with Crippen molar-refractivity contribution in [2.75, 3.05) is 13.1 Å². The van der Waals surface area contributed by atoms with Gasteiger partial charge in [-0.1, -0.05) is 29.3 Å². The lowest BCUT2D eigenvalue weighted by atomic mass is 10.4. The van der Waals surface area contributed by atoms with Gasteiger partial charge in [0.15, 0.2) is 0 Å². The van der Waals surface area contributed by atoms with Gasteiger partial charge in [0.25, 0.3) is 0 Å². The van der Waals surface area contributed by atoms with E-state index in [1.54, 1.807) is 11.8 Å². The molecule has 0 radical (unpaired) electrons. The van der Waals surface area contributed by atoms with E-state index in [-0.39, 0.29) is 0 Å². The van der Waals surface area contributed by atoms with Crippen LogP contribution in [0, 0.1) is 0 Å². The molecule has 0 aliphatic carbocycles. The summed E-state index contributed by atoms with van der Waals surface area (Å²) in [4.78, 5) is 1.02. The van der Waals surface area contributed by atoms with Crippen LogP contribution < -0.4 is 5.32 Å². The van der Waals surface area contributed by atoms with Crippen LogP contribution >= 0.6 is 35.0 Å². The maximum absolute atomic E-state index is 6.08. The normalized spacial score (nSPS) is 21.4. The van der Waals surface area contributed by atoms with Gasteiger partial charge < -0.3 is 5.32 Å². The molecular formula is C10H11Cl2NS. The third-order valence-corrected chi connectivity index (χ3v) is 4.48. The van der Waals surface area contributed by atoms with Crippen LogP contribution in [0.2, 0.25) is 10.0 Å². The first-order valence-electron chi connectivity index (χ1n) is 4.59. The molecule has 1 nitrogen and oxygen atoms in total. The van der Waals surface area contributed by atoms with E-state index in [1.165, 1.54) is 6.42 Å². The predicted octanol–water partition coefficient (Wildman–Crippen LogP) is 3.45. The number of hydrogen-bond donors (Lipinski definition) is 1. The van der Waals surface area contributed by atoms with Crippen LogP contribution in [0.3, 0.4) is 0 Å². The van der Waals surface area contributed by atoms with Crippen molar-refractivity contribution in [1.29, 1.82) is 0 Å². The van der Waals surface area contributed by atoms with Crippen molar-refractivity contribution in [3.63, 3.8) is 0 Å². The number of halogens is 2. The first-order chi connectivity index (χ1) is 6.77. The van der Waals surface area contributed by atoms with E-state index in [9.17, 15) is 0 Å². The highest BCUT2D eigenvalue weighted by atomic mass is 35.5. The molecule has 76 valence electrons. The summed E-state index contributed by atoms with van der Waals surface area (Å²) in [5.74, 6) is 0. The molecule has 1 aliphatic rings. The molecule has 1 fully saturated rings. The number of benzene rings is 1. The Bertz CT molecular complexity index is 304. The van der Waals surface area contributed by atoms with Gasteiger partial charge in [0, 0.05) is 16.7 Å². The first-order valence-corrected chi connectivity index (χ1v) is 6.22. The third kappa shape index (κ3) is 2.37. The summed E-state index contributed by atoms with van der Waals surface area (Å²) in [5, 5.41) is 5.45. The molecule has 0 spiro atoms. The van der Waals surface area contributed by atoms with Gasteiger partial charge >= 0.3 is 0 Å². The minimum absolute atomic E-state index is 0.604. The number of nitrogens with one attached hydrogen (secondary N) is 1. The second-order valence-electron chi connectivity index (χ2n) is 3.28. The van der Waals surface area contributed by atoms with Crippen molar-refractivity contribution < 1.29 is 0 Å². The summed E-state index contributed by atoms with van der Waals surface area (Å²) in [6, 6.07) is 5.65. The van der Waals surface area contributed by atoms with Gasteiger partial charge in [-0.15, -0.1) is 11.8 Å². The minimum Gasteiger partial charge on any atom is -0.316 e. The molecule has 1 heterocycles. The Hall–Kier alpha value is 0.110. The monoisotopic (exact) mass is 247 g/mol. The lowest BCUT2D eigenvalue weighted by Crippen LogP contribution is -2.10. The topological polar surface area (TPSA) is 12.0 Å². The minimum atomic E-state index is 0.604. The third-order valence-electron chi connectivity index (χ3n) is 2.22. The quantitative estimate of drug-likeness (QED) is 0.860. The average molecular weight is 248 g/mol. The van der Waals surface area contributed by atoms with Gasteiger partial charge in [-0.2, -0.15) is 0 Å². The summed E-state index contributed by atoms with van der Waals surface area (Å²) in [6.07, 6.45) is 1.19. The molecule has 1 aromatic rings. The second-order valence-corrected chi connectivity index (χ2v) is 5.41. The lowest BCUT2D eigenvalue weighted by Gasteiger charge is -2.10. The molecule has 0 aromatic heterocycles. The van der Waals surface area contributed by atoms with Gasteiger partial charge in [0.2, 0.25) is 0 Å². The summed E-state index contributed by atoms with van der Waals surface area (Å²) in [5.41, 5.74) is 0. The van der Waals surface area contributed by atoms with Crippen LogP contribution in [0.5, 0.6) is 0 Å². The Morgan fingerprint density at radius 1 is 1.29 bits per heavy atom. The molecule has 4 heteroatoms. The molecule has 1 N–H and O–H groups in total. The molecule has 1 atom stereocenters. The zero-order chi connectivity index (χ0) is 9.97. The Morgan fingerprint density at radius 2 is 2.00 bits per heavy atom. The van der Waals surface area contributed by atoms with E-state index >= 15 is 0 Å². The Morgan fingerprint density at radius 3 is 2.57 bits per heavy atom. The molecule has 0 saturated carbocycles. The summed E-state index contributed by atoms with van der Waals surface area (Å²) in [6.45, 7) is 2.14. The number of hydrogen-bond acceptors (Lipinski definition) is 2. The van der Waals surface area contributed by atoms with Crippen LogP contribution in [-0.2, 0) is 0 Å². The van der Waals surface area contributed by atoms with Crippen molar-refractivity contribution in [3.8, 4) is 0 Å². The molecular weight excluding hydrogens is 237 g/mol. The highest BCUT2D eigenvalue weighted by Crippen LogP contribution is 2.37. The number of thioether (sulfide) groups is 1. The van der Waals surface area contributed by atoms with Crippen LogP contribution in [0.4, 0.5) is 0 Å². The number of rotatable bonds is 2. The molecule has 1 aromatic carbocycles. The van der Waals surface area contributed by atoms with Crippen molar-refractivity contribution in [3.05, 3.63) is 28.2 Å².